The SMILES string of the molecule is CC(C)(C)CCNCCCCNCCC(C)(C)C. The van der Waals surface area contributed by atoms with Crippen molar-refractivity contribution in [2.75, 3.05) is 26.2 Å². The van der Waals surface area contributed by atoms with Gasteiger partial charge in [-0.25, -0.2) is 0 Å². The van der Waals surface area contributed by atoms with Crippen molar-refractivity contribution in [2.45, 2.75) is 67.2 Å². The van der Waals surface area contributed by atoms with E-state index in [2.05, 4.69) is 52.2 Å². The Bertz CT molecular complexity index is 164. The van der Waals surface area contributed by atoms with Gasteiger partial charge >= 0.3 is 0 Å². The molecular formula is C16H36N2. The lowest BCUT2D eigenvalue weighted by Crippen LogP contribution is -2.24. The Morgan fingerprint density at radius 3 is 1.17 bits per heavy atom. The second-order valence-electron chi connectivity index (χ2n) is 7.83. The molecule has 0 aliphatic carbocycles. The van der Waals surface area contributed by atoms with Gasteiger partial charge in [-0.2, -0.15) is 0 Å². The van der Waals surface area contributed by atoms with Gasteiger partial charge in [-0.15, -0.1) is 0 Å². The largest absolute Gasteiger partial charge is 0.317 e. The quantitative estimate of drug-likeness (QED) is 0.613. The fourth-order valence-corrected chi connectivity index (χ4v) is 1.68. The van der Waals surface area contributed by atoms with Crippen LogP contribution in [0.25, 0.3) is 0 Å². The van der Waals surface area contributed by atoms with Gasteiger partial charge in [-0.05, 0) is 62.7 Å². The Morgan fingerprint density at radius 2 is 0.889 bits per heavy atom. The number of rotatable bonds is 9. The molecule has 0 aliphatic heterocycles. The summed E-state index contributed by atoms with van der Waals surface area (Å²) in [7, 11) is 0. The highest BCUT2D eigenvalue weighted by Crippen LogP contribution is 2.17. The van der Waals surface area contributed by atoms with E-state index in [-0.39, 0.29) is 0 Å². The van der Waals surface area contributed by atoms with Crippen molar-refractivity contribution in [3.63, 3.8) is 0 Å². The zero-order valence-electron chi connectivity index (χ0n) is 13.7. The molecule has 0 saturated carbocycles. The van der Waals surface area contributed by atoms with E-state index in [0.717, 1.165) is 26.2 Å². The van der Waals surface area contributed by atoms with Gasteiger partial charge in [-0.1, -0.05) is 41.5 Å². The molecule has 0 amide bonds. The molecule has 0 aromatic carbocycles. The monoisotopic (exact) mass is 256 g/mol. The fraction of sp³-hybridized carbons (Fsp3) is 1.00. The Balaban J connectivity index is 3.13. The lowest BCUT2D eigenvalue weighted by atomic mass is 9.92. The summed E-state index contributed by atoms with van der Waals surface area (Å²) in [6, 6.07) is 0. The summed E-state index contributed by atoms with van der Waals surface area (Å²) in [6.45, 7) is 18.4. The van der Waals surface area contributed by atoms with Crippen LogP contribution in [0.15, 0.2) is 0 Å². The predicted molar refractivity (Wildman–Crippen MR) is 83.1 cm³/mol. The summed E-state index contributed by atoms with van der Waals surface area (Å²) in [6.07, 6.45) is 5.09. The molecule has 0 radical (unpaired) electrons. The minimum Gasteiger partial charge on any atom is -0.317 e. The molecule has 18 heavy (non-hydrogen) atoms. The van der Waals surface area contributed by atoms with Crippen LogP contribution >= 0.6 is 0 Å². The van der Waals surface area contributed by atoms with Crippen LogP contribution in [0.2, 0.25) is 0 Å². The first-order valence-corrected chi connectivity index (χ1v) is 7.62. The summed E-state index contributed by atoms with van der Waals surface area (Å²) < 4.78 is 0. The van der Waals surface area contributed by atoms with Gasteiger partial charge in [0.2, 0.25) is 0 Å². The number of hydrogen-bond donors (Lipinski definition) is 2. The van der Waals surface area contributed by atoms with Crippen molar-refractivity contribution in [2.24, 2.45) is 10.8 Å². The smallest absolute Gasteiger partial charge is 0.00439 e. The van der Waals surface area contributed by atoms with Crippen LogP contribution < -0.4 is 10.6 Å². The van der Waals surface area contributed by atoms with E-state index in [4.69, 9.17) is 0 Å². The summed E-state index contributed by atoms with van der Waals surface area (Å²) in [5.41, 5.74) is 0.920. The summed E-state index contributed by atoms with van der Waals surface area (Å²) in [4.78, 5) is 0. The minimum atomic E-state index is 0.460. The molecule has 110 valence electrons. The molecule has 2 nitrogen and oxygen atoms in total. The molecule has 0 rings (SSSR count). The molecule has 0 spiro atoms. The molecule has 0 aromatic rings. The highest BCUT2D eigenvalue weighted by molar-refractivity contribution is 4.64. The van der Waals surface area contributed by atoms with Gasteiger partial charge in [0.25, 0.3) is 0 Å². The van der Waals surface area contributed by atoms with E-state index in [1.807, 2.05) is 0 Å². The van der Waals surface area contributed by atoms with E-state index in [1.165, 1.54) is 25.7 Å². The van der Waals surface area contributed by atoms with E-state index in [9.17, 15) is 0 Å². The third kappa shape index (κ3) is 15.9. The fourth-order valence-electron chi connectivity index (χ4n) is 1.68. The highest BCUT2D eigenvalue weighted by Gasteiger charge is 2.09. The Hall–Kier alpha value is -0.0800. The molecular weight excluding hydrogens is 220 g/mol. The zero-order valence-corrected chi connectivity index (χ0v) is 13.7. The summed E-state index contributed by atoms with van der Waals surface area (Å²) >= 11 is 0. The first-order valence-electron chi connectivity index (χ1n) is 7.62. The van der Waals surface area contributed by atoms with Crippen LogP contribution in [0.1, 0.15) is 67.2 Å². The van der Waals surface area contributed by atoms with E-state index >= 15 is 0 Å². The van der Waals surface area contributed by atoms with Crippen molar-refractivity contribution in [1.29, 1.82) is 0 Å². The van der Waals surface area contributed by atoms with Crippen molar-refractivity contribution < 1.29 is 0 Å². The Kier molecular flexibility index (Phi) is 8.89. The highest BCUT2D eigenvalue weighted by atomic mass is 14.9. The third-order valence-corrected chi connectivity index (χ3v) is 3.06. The van der Waals surface area contributed by atoms with Gasteiger partial charge in [0.05, 0.1) is 0 Å². The minimum absolute atomic E-state index is 0.460. The Labute approximate surface area is 115 Å². The number of nitrogens with one attached hydrogen (secondary N) is 2. The molecule has 0 fully saturated rings. The number of unbranched alkanes of at least 4 members (excludes halogenated alkanes) is 1. The molecule has 0 aromatic heterocycles. The predicted octanol–water partition coefficient (Wildman–Crippen LogP) is 3.82. The molecule has 0 bridgehead atoms. The normalized spacial score (nSPS) is 13.0. The maximum Gasteiger partial charge on any atom is -0.00439 e. The average Bonchev–Trinajstić information content (AvgIpc) is 2.17. The Morgan fingerprint density at radius 1 is 0.556 bits per heavy atom. The maximum atomic E-state index is 3.53. The van der Waals surface area contributed by atoms with Crippen molar-refractivity contribution >= 4 is 0 Å². The molecule has 0 aliphatic rings. The van der Waals surface area contributed by atoms with Crippen LogP contribution in [0.5, 0.6) is 0 Å². The van der Waals surface area contributed by atoms with Gasteiger partial charge in [0.1, 0.15) is 0 Å². The van der Waals surface area contributed by atoms with Gasteiger partial charge in [-0.3, -0.25) is 0 Å². The maximum absolute atomic E-state index is 3.53. The van der Waals surface area contributed by atoms with Crippen LogP contribution in [0.3, 0.4) is 0 Å². The molecule has 0 atom stereocenters. The molecule has 0 saturated heterocycles. The van der Waals surface area contributed by atoms with Crippen molar-refractivity contribution in [3.8, 4) is 0 Å². The van der Waals surface area contributed by atoms with Gasteiger partial charge in [0, 0.05) is 0 Å². The van der Waals surface area contributed by atoms with Crippen LogP contribution in [0.4, 0.5) is 0 Å². The lowest BCUT2D eigenvalue weighted by molar-refractivity contribution is 0.362. The summed E-state index contributed by atoms with van der Waals surface area (Å²) in [5, 5.41) is 7.06. The summed E-state index contributed by atoms with van der Waals surface area (Å²) in [5.74, 6) is 0. The van der Waals surface area contributed by atoms with E-state index < -0.39 is 0 Å². The average molecular weight is 256 g/mol. The number of hydrogen-bond acceptors (Lipinski definition) is 2. The third-order valence-electron chi connectivity index (χ3n) is 3.06. The molecule has 2 N–H and O–H groups in total. The first-order chi connectivity index (χ1) is 8.21. The molecule has 0 unspecified atom stereocenters. The van der Waals surface area contributed by atoms with Crippen LogP contribution in [-0.2, 0) is 0 Å². The molecule has 2 heteroatoms. The topological polar surface area (TPSA) is 24.1 Å². The molecule has 0 heterocycles. The standard InChI is InChI=1S/C16H36N2/c1-15(2,3)9-13-17-11-7-8-12-18-14-10-16(4,5)6/h17-18H,7-14H2,1-6H3. The lowest BCUT2D eigenvalue weighted by Gasteiger charge is -2.18. The second-order valence-corrected chi connectivity index (χ2v) is 7.83. The van der Waals surface area contributed by atoms with Crippen LogP contribution in [-0.4, -0.2) is 26.2 Å². The second kappa shape index (κ2) is 8.92. The van der Waals surface area contributed by atoms with Crippen molar-refractivity contribution in [1.82, 2.24) is 10.6 Å². The van der Waals surface area contributed by atoms with Crippen LogP contribution in [0, 0.1) is 10.8 Å². The van der Waals surface area contributed by atoms with Gasteiger partial charge < -0.3 is 10.6 Å². The zero-order chi connectivity index (χ0) is 14.1. The van der Waals surface area contributed by atoms with E-state index in [1.54, 1.807) is 0 Å². The van der Waals surface area contributed by atoms with Crippen molar-refractivity contribution in [3.05, 3.63) is 0 Å². The van der Waals surface area contributed by atoms with E-state index in [0.29, 0.717) is 10.8 Å². The van der Waals surface area contributed by atoms with Gasteiger partial charge in [0.15, 0.2) is 0 Å². The first kappa shape index (κ1) is 17.9.